The van der Waals surface area contributed by atoms with Crippen LogP contribution in [0, 0.1) is 5.82 Å². The number of carbonyl (C=O) groups excluding carboxylic acids is 1. The minimum absolute atomic E-state index is 0.0330. The topological polar surface area (TPSA) is 89.8 Å². The van der Waals surface area contributed by atoms with Gasteiger partial charge in [0.15, 0.2) is 11.6 Å². The number of amides is 1. The molecular formula is C25H24FN3O4S. The molecule has 176 valence electrons. The summed E-state index contributed by atoms with van der Waals surface area (Å²) in [4.78, 5) is 16.5. The van der Waals surface area contributed by atoms with E-state index in [1.54, 1.807) is 47.3 Å². The molecule has 34 heavy (non-hydrogen) atoms. The molecule has 2 aromatic heterocycles. The Kier molecular flexibility index (Phi) is 6.93. The first-order valence-electron chi connectivity index (χ1n) is 10.9. The summed E-state index contributed by atoms with van der Waals surface area (Å²) in [7, 11) is -3.90. The van der Waals surface area contributed by atoms with E-state index in [1.165, 1.54) is 24.3 Å². The number of imidazole rings is 1. The average molecular weight is 482 g/mol. The van der Waals surface area contributed by atoms with Crippen LogP contribution in [0.1, 0.15) is 35.7 Å². The van der Waals surface area contributed by atoms with E-state index in [2.05, 4.69) is 10.3 Å². The molecule has 0 radical (unpaired) electrons. The van der Waals surface area contributed by atoms with Crippen LogP contribution in [0.2, 0.25) is 0 Å². The summed E-state index contributed by atoms with van der Waals surface area (Å²) in [6.07, 6.45) is 6.79. The maximum atomic E-state index is 14.3. The molecule has 1 amide bonds. The van der Waals surface area contributed by atoms with Gasteiger partial charge in [0.2, 0.25) is 9.84 Å². The van der Waals surface area contributed by atoms with Crippen molar-refractivity contribution in [3.63, 3.8) is 0 Å². The van der Waals surface area contributed by atoms with Gasteiger partial charge in [-0.05, 0) is 54.4 Å². The lowest BCUT2D eigenvalue weighted by molar-refractivity contribution is 0.0950. The number of benzene rings is 2. The standard InChI is InChI=1S/C25H24FN3O4S/c1-2-3-14-33-23-10-9-21(15-22(23)26)34(31,32)20-7-4-18(5-8-20)16-28-25(30)19-6-11-24-27-12-13-29(24)17-19/h4-13,15,17H,2-3,14,16H2,1H3,(H,28,30). The number of nitrogens with one attached hydrogen (secondary N) is 1. The Balaban J connectivity index is 1.42. The number of hydrogen-bond acceptors (Lipinski definition) is 5. The van der Waals surface area contributed by atoms with Crippen molar-refractivity contribution in [2.45, 2.75) is 36.1 Å². The van der Waals surface area contributed by atoms with Gasteiger partial charge in [-0.15, -0.1) is 0 Å². The molecule has 0 spiro atoms. The maximum absolute atomic E-state index is 14.3. The van der Waals surface area contributed by atoms with Crippen LogP contribution in [0.5, 0.6) is 5.75 Å². The highest BCUT2D eigenvalue weighted by molar-refractivity contribution is 7.91. The molecule has 0 fully saturated rings. The fourth-order valence-electron chi connectivity index (χ4n) is 3.35. The second-order valence-electron chi connectivity index (χ2n) is 7.73. The van der Waals surface area contributed by atoms with Crippen molar-refractivity contribution in [2.24, 2.45) is 0 Å². The average Bonchev–Trinajstić information content (AvgIpc) is 3.32. The number of hydrogen-bond donors (Lipinski definition) is 1. The number of nitrogens with zero attached hydrogens (tertiary/aromatic N) is 2. The molecule has 0 unspecified atom stereocenters. The van der Waals surface area contributed by atoms with E-state index in [9.17, 15) is 17.6 Å². The van der Waals surface area contributed by atoms with Gasteiger partial charge in [-0.3, -0.25) is 4.79 Å². The smallest absolute Gasteiger partial charge is 0.253 e. The second-order valence-corrected chi connectivity index (χ2v) is 9.68. The summed E-state index contributed by atoms with van der Waals surface area (Å²) in [5.41, 5.74) is 1.95. The number of pyridine rings is 1. The SMILES string of the molecule is CCCCOc1ccc(S(=O)(=O)c2ccc(CNC(=O)c3ccc4nccn4c3)cc2)cc1F. The monoisotopic (exact) mass is 481 g/mol. The molecule has 0 aliphatic rings. The first-order chi connectivity index (χ1) is 16.4. The number of aromatic nitrogens is 2. The van der Waals surface area contributed by atoms with Gasteiger partial charge in [0.25, 0.3) is 5.91 Å². The fourth-order valence-corrected chi connectivity index (χ4v) is 4.63. The normalized spacial score (nSPS) is 11.5. The highest BCUT2D eigenvalue weighted by Crippen LogP contribution is 2.26. The van der Waals surface area contributed by atoms with Crippen molar-refractivity contribution in [3.05, 3.63) is 90.1 Å². The number of sulfone groups is 1. The predicted molar refractivity (Wildman–Crippen MR) is 125 cm³/mol. The van der Waals surface area contributed by atoms with E-state index in [4.69, 9.17) is 4.74 Å². The van der Waals surface area contributed by atoms with Gasteiger partial charge in [-0.2, -0.15) is 0 Å². The van der Waals surface area contributed by atoms with E-state index >= 15 is 0 Å². The third kappa shape index (κ3) is 5.09. The molecule has 0 bridgehead atoms. The van der Waals surface area contributed by atoms with Gasteiger partial charge in [-0.25, -0.2) is 17.8 Å². The summed E-state index contributed by atoms with van der Waals surface area (Å²) in [5, 5.41) is 2.81. The van der Waals surface area contributed by atoms with E-state index in [1.807, 2.05) is 6.92 Å². The molecule has 1 N–H and O–H groups in total. The minimum Gasteiger partial charge on any atom is -0.491 e. The van der Waals surface area contributed by atoms with Gasteiger partial charge in [0, 0.05) is 25.1 Å². The number of ether oxygens (including phenoxy) is 1. The second kappa shape index (κ2) is 10.0. The van der Waals surface area contributed by atoms with Crippen molar-refractivity contribution in [1.29, 1.82) is 0 Å². The summed E-state index contributed by atoms with van der Waals surface area (Å²) in [5.74, 6) is -0.944. The van der Waals surface area contributed by atoms with Crippen LogP contribution in [0.3, 0.4) is 0 Å². The molecule has 4 aromatic rings. The van der Waals surface area contributed by atoms with Gasteiger partial charge in [-0.1, -0.05) is 25.5 Å². The van der Waals surface area contributed by atoms with Crippen LogP contribution in [-0.2, 0) is 16.4 Å². The zero-order valence-corrected chi connectivity index (χ0v) is 19.4. The van der Waals surface area contributed by atoms with Crippen molar-refractivity contribution in [3.8, 4) is 5.75 Å². The molecule has 0 saturated heterocycles. The van der Waals surface area contributed by atoms with Crippen LogP contribution in [0.25, 0.3) is 5.65 Å². The van der Waals surface area contributed by atoms with E-state index in [0.29, 0.717) is 12.2 Å². The number of unbranched alkanes of at least 4 members (excludes halogenated alkanes) is 1. The van der Waals surface area contributed by atoms with E-state index in [-0.39, 0.29) is 28.0 Å². The highest BCUT2D eigenvalue weighted by Gasteiger charge is 2.20. The maximum Gasteiger partial charge on any atom is 0.253 e. The molecule has 7 nitrogen and oxygen atoms in total. The Morgan fingerprint density at radius 3 is 2.59 bits per heavy atom. The molecular weight excluding hydrogens is 457 g/mol. The summed E-state index contributed by atoms with van der Waals surface area (Å²) in [6, 6.07) is 13.2. The van der Waals surface area contributed by atoms with Gasteiger partial charge < -0.3 is 14.5 Å². The van der Waals surface area contributed by atoms with Crippen molar-refractivity contribution < 1.29 is 22.3 Å². The molecule has 0 aliphatic heterocycles. The minimum atomic E-state index is -3.90. The Hall–Kier alpha value is -3.72. The Bertz CT molecular complexity index is 1420. The molecule has 2 heterocycles. The van der Waals surface area contributed by atoms with Crippen LogP contribution in [0.15, 0.2) is 83.0 Å². The van der Waals surface area contributed by atoms with Gasteiger partial charge in [0.1, 0.15) is 5.65 Å². The van der Waals surface area contributed by atoms with Crippen molar-refractivity contribution >= 4 is 21.4 Å². The van der Waals surface area contributed by atoms with Gasteiger partial charge >= 0.3 is 0 Å². The summed E-state index contributed by atoms with van der Waals surface area (Å²) in [6.45, 7) is 2.59. The molecule has 0 saturated carbocycles. The number of halogens is 1. The zero-order valence-electron chi connectivity index (χ0n) is 18.6. The van der Waals surface area contributed by atoms with Crippen LogP contribution >= 0.6 is 0 Å². The summed E-state index contributed by atoms with van der Waals surface area (Å²) < 4.78 is 47.3. The third-order valence-electron chi connectivity index (χ3n) is 5.31. The lowest BCUT2D eigenvalue weighted by Gasteiger charge is -2.10. The number of carbonyl (C=O) groups is 1. The molecule has 4 rings (SSSR count). The lowest BCUT2D eigenvalue weighted by atomic mass is 10.2. The molecule has 2 aromatic carbocycles. The van der Waals surface area contributed by atoms with E-state index < -0.39 is 15.7 Å². The zero-order chi connectivity index (χ0) is 24.1. The first-order valence-corrected chi connectivity index (χ1v) is 12.3. The summed E-state index contributed by atoms with van der Waals surface area (Å²) >= 11 is 0. The van der Waals surface area contributed by atoms with Crippen molar-refractivity contribution in [2.75, 3.05) is 6.61 Å². The quantitative estimate of drug-likeness (QED) is 0.358. The molecule has 0 aliphatic carbocycles. The lowest BCUT2D eigenvalue weighted by Crippen LogP contribution is -2.23. The Labute approximate surface area is 197 Å². The third-order valence-corrected chi connectivity index (χ3v) is 7.07. The Morgan fingerprint density at radius 1 is 1.09 bits per heavy atom. The van der Waals surface area contributed by atoms with Crippen molar-refractivity contribution in [1.82, 2.24) is 14.7 Å². The predicted octanol–water partition coefficient (Wildman–Crippen LogP) is 4.42. The fraction of sp³-hybridized carbons (Fsp3) is 0.200. The van der Waals surface area contributed by atoms with Gasteiger partial charge in [0.05, 0.1) is 22.0 Å². The molecule has 9 heteroatoms. The van der Waals surface area contributed by atoms with Crippen LogP contribution in [0.4, 0.5) is 4.39 Å². The Morgan fingerprint density at radius 2 is 1.85 bits per heavy atom. The number of rotatable bonds is 9. The van der Waals surface area contributed by atoms with Crippen LogP contribution in [-0.4, -0.2) is 30.3 Å². The van der Waals surface area contributed by atoms with E-state index in [0.717, 1.165) is 30.1 Å². The number of fused-ring (bicyclic) bond motifs is 1. The highest BCUT2D eigenvalue weighted by atomic mass is 32.2. The first kappa shape index (κ1) is 23.4. The largest absolute Gasteiger partial charge is 0.491 e. The van der Waals surface area contributed by atoms with Crippen LogP contribution < -0.4 is 10.1 Å². The molecule has 0 atom stereocenters.